The highest BCUT2D eigenvalue weighted by Crippen LogP contribution is 2.34. The maximum Gasteiger partial charge on any atom is 0.289 e. The molecule has 9 heteroatoms. The van der Waals surface area contributed by atoms with Gasteiger partial charge in [0.25, 0.3) is 5.91 Å². The lowest BCUT2D eigenvalue weighted by Gasteiger charge is -2.39. The SMILES string of the molecule is COc1ccc([C@@H](c2nnnn2C2CCCCC2)N2CCN(C(=O)c3ccco3)CC2)cc1. The number of ether oxygens (including phenoxy) is 1. The molecule has 1 saturated carbocycles. The largest absolute Gasteiger partial charge is 0.497 e. The number of benzene rings is 1. The third-order valence-corrected chi connectivity index (χ3v) is 6.81. The van der Waals surface area contributed by atoms with E-state index in [0.717, 1.165) is 43.1 Å². The van der Waals surface area contributed by atoms with Crippen LogP contribution in [0.15, 0.2) is 47.1 Å². The van der Waals surface area contributed by atoms with Gasteiger partial charge in [-0.1, -0.05) is 31.4 Å². The van der Waals surface area contributed by atoms with Crippen LogP contribution < -0.4 is 4.74 Å². The first kappa shape index (κ1) is 21.6. The fourth-order valence-corrected chi connectivity index (χ4v) is 5.01. The topological polar surface area (TPSA) is 89.5 Å². The number of amides is 1. The highest BCUT2D eigenvalue weighted by atomic mass is 16.5. The van der Waals surface area contributed by atoms with E-state index in [-0.39, 0.29) is 11.9 Å². The van der Waals surface area contributed by atoms with Crippen molar-refractivity contribution < 1.29 is 13.9 Å². The number of hydrogen-bond donors (Lipinski definition) is 0. The van der Waals surface area contributed by atoms with E-state index in [9.17, 15) is 4.79 Å². The first-order valence-corrected chi connectivity index (χ1v) is 11.7. The highest BCUT2D eigenvalue weighted by molar-refractivity contribution is 5.91. The molecule has 0 bridgehead atoms. The lowest BCUT2D eigenvalue weighted by atomic mass is 9.95. The van der Waals surface area contributed by atoms with Crippen LogP contribution in [0.1, 0.15) is 66.1 Å². The molecule has 0 spiro atoms. The number of hydrogen-bond acceptors (Lipinski definition) is 7. The van der Waals surface area contributed by atoms with Crippen molar-refractivity contribution in [3.63, 3.8) is 0 Å². The van der Waals surface area contributed by atoms with E-state index in [0.29, 0.717) is 24.9 Å². The molecule has 1 atom stereocenters. The molecule has 2 aliphatic rings. The van der Waals surface area contributed by atoms with Gasteiger partial charge in [0.05, 0.1) is 25.5 Å². The Morgan fingerprint density at radius 2 is 1.82 bits per heavy atom. The van der Waals surface area contributed by atoms with Crippen molar-refractivity contribution >= 4 is 5.91 Å². The van der Waals surface area contributed by atoms with Crippen LogP contribution in [0.3, 0.4) is 0 Å². The second kappa shape index (κ2) is 9.74. The molecule has 1 aromatic carbocycles. The zero-order chi connectivity index (χ0) is 22.6. The summed E-state index contributed by atoms with van der Waals surface area (Å²) in [5.74, 6) is 2.01. The Morgan fingerprint density at radius 3 is 2.48 bits per heavy atom. The smallest absolute Gasteiger partial charge is 0.289 e. The number of carbonyl (C=O) groups is 1. The van der Waals surface area contributed by atoms with E-state index >= 15 is 0 Å². The number of methoxy groups -OCH3 is 1. The lowest BCUT2D eigenvalue weighted by molar-refractivity contribution is 0.0557. The second-order valence-electron chi connectivity index (χ2n) is 8.75. The molecule has 0 N–H and O–H groups in total. The third-order valence-electron chi connectivity index (χ3n) is 6.81. The van der Waals surface area contributed by atoms with Crippen LogP contribution in [0.25, 0.3) is 0 Å². The Kier molecular flexibility index (Phi) is 6.39. The van der Waals surface area contributed by atoms with Gasteiger partial charge >= 0.3 is 0 Å². The molecule has 0 radical (unpaired) electrons. The normalized spacial score (nSPS) is 18.9. The summed E-state index contributed by atoms with van der Waals surface area (Å²) < 4.78 is 12.7. The maximum absolute atomic E-state index is 12.7. The van der Waals surface area contributed by atoms with Crippen molar-refractivity contribution in [3.05, 3.63) is 59.8 Å². The Morgan fingerprint density at radius 1 is 1.06 bits per heavy atom. The first-order chi connectivity index (χ1) is 16.2. The summed E-state index contributed by atoms with van der Waals surface area (Å²) in [5.41, 5.74) is 1.12. The van der Waals surface area contributed by atoms with Crippen LogP contribution in [0, 0.1) is 0 Å². The standard InChI is InChI=1S/C24H30N6O3/c1-32-20-11-9-18(10-12-20)22(23-25-26-27-30(23)19-6-3-2-4-7-19)28-13-15-29(16-14-28)24(31)21-8-5-17-33-21/h5,8-12,17,19,22H,2-4,6-7,13-16H2,1H3/t22-/m0/s1. The van der Waals surface area contributed by atoms with Gasteiger partial charge in [0.2, 0.25) is 0 Å². The van der Waals surface area contributed by atoms with Gasteiger partial charge in [0.1, 0.15) is 5.75 Å². The molecular formula is C24H30N6O3. The Balaban J connectivity index is 1.41. The van der Waals surface area contributed by atoms with E-state index in [1.807, 2.05) is 17.0 Å². The van der Waals surface area contributed by atoms with Crippen LogP contribution in [-0.2, 0) is 0 Å². The number of piperazine rings is 1. The van der Waals surface area contributed by atoms with Crippen LogP contribution in [0.5, 0.6) is 5.75 Å². The van der Waals surface area contributed by atoms with Gasteiger partial charge in [-0.05, 0) is 53.1 Å². The average Bonchev–Trinajstić information content (AvgIpc) is 3.58. The van der Waals surface area contributed by atoms with Crippen molar-refractivity contribution in [2.75, 3.05) is 33.3 Å². The van der Waals surface area contributed by atoms with Gasteiger partial charge in [-0.3, -0.25) is 9.69 Å². The van der Waals surface area contributed by atoms with Gasteiger partial charge < -0.3 is 14.1 Å². The van der Waals surface area contributed by atoms with Gasteiger partial charge in [-0.15, -0.1) is 5.10 Å². The minimum atomic E-state index is -0.0892. The summed E-state index contributed by atoms with van der Waals surface area (Å²) in [6.07, 6.45) is 7.46. The molecule has 174 valence electrons. The summed E-state index contributed by atoms with van der Waals surface area (Å²) in [6.45, 7) is 2.69. The fraction of sp³-hybridized carbons (Fsp3) is 0.500. The molecule has 1 saturated heterocycles. The number of furan rings is 1. The van der Waals surface area contributed by atoms with Crippen molar-refractivity contribution in [3.8, 4) is 5.75 Å². The molecular weight excluding hydrogens is 420 g/mol. The molecule has 9 nitrogen and oxygen atoms in total. The summed E-state index contributed by atoms with van der Waals surface area (Å²) in [7, 11) is 1.67. The summed E-state index contributed by atoms with van der Waals surface area (Å²) in [6, 6.07) is 11.8. The predicted octanol–water partition coefficient (Wildman–Crippen LogP) is 3.33. The molecule has 1 aliphatic heterocycles. The van der Waals surface area contributed by atoms with E-state index < -0.39 is 0 Å². The van der Waals surface area contributed by atoms with Crippen LogP contribution in [0.4, 0.5) is 0 Å². The first-order valence-electron chi connectivity index (χ1n) is 11.7. The molecule has 2 fully saturated rings. The number of aromatic nitrogens is 4. The quantitative estimate of drug-likeness (QED) is 0.569. The maximum atomic E-state index is 12.7. The van der Waals surface area contributed by atoms with E-state index in [2.05, 4.69) is 37.2 Å². The number of carbonyl (C=O) groups excluding carboxylic acids is 1. The molecule has 2 aromatic heterocycles. The minimum Gasteiger partial charge on any atom is -0.497 e. The molecule has 33 heavy (non-hydrogen) atoms. The fourth-order valence-electron chi connectivity index (χ4n) is 5.01. The van der Waals surface area contributed by atoms with Crippen molar-refractivity contribution in [2.45, 2.75) is 44.2 Å². The molecule has 1 amide bonds. The number of tetrazole rings is 1. The predicted molar refractivity (Wildman–Crippen MR) is 121 cm³/mol. The Bertz CT molecular complexity index is 1030. The third kappa shape index (κ3) is 4.50. The monoisotopic (exact) mass is 450 g/mol. The lowest BCUT2D eigenvalue weighted by Crippen LogP contribution is -2.50. The van der Waals surface area contributed by atoms with Crippen LogP contribution in [-0.4, -0.2) is 69.2 Å². The second-order valence-corrected chi connectivity index (χ2v) is 8.75. The number of nitrogens with zero attached hydrogens (tertiary/aromatic N) is 6. The molecule has 5 rings (SSSR count). The Hall–Kier alpha value is -3.20. The zero-order valence-corrected chi connectivity index (χ0v) is 19.0. The molecule has 3 heterocycles. The van der Waals surface area contributed by atoms with E-state index in [4.69, 9.17) is 9.15 Å². The summed E-state index contributed by atoms with van der Waals surface area (Å²) in [5, 5.41) is 13.0. The van der Waals surface area contributed by atoms with Gasteiger partial charge in [-0.25, -0.2) is 4.68 Å². The molecule has 0 unspecified atom stereocenters. The summed E-state index contributed by atoms with van der Waals surface area (Å²) >= 11 is 0. The number of rotatable bonds is 6. The van der Waals surface area contributed by atoms with Gasteiger partial charge in [0.15, 0.2) is 11.6 Å². The van der Waals surface area contributed by atoms with Gasteiger partial charge in [-0.2, -0.15) is 0 Å². The van der Waals surface area contributed by atoms with E-state index in [1.54, 1.807) is 19.2 Å². The van der Waals surface area contributed by atoms with Crippen molar-refractivity contribution in [1.82, 2.24) is 30.0 Å². The highest BCUT2D eigenvalue weighted by Gasteiger charge is 2.34. The van der Waals surface area contributed by atoms with Crippen molar-refractivity contribution in [1.29, 1.82) is 0 Å². The Labute approximate surface area is 193 Å². The van der Waals surface area contributed by atoms with E-state index in [1.165, 1.54) is 25.5 Å². The molecule has 1 aliphatic carbocycles. The van der Waals surface area contributed by atoms with Crippen LogP contribution >= 0.6 is 0 Å². The van der Waals surface area contributed by atoms with Crippen LogP contribution in [0.2, 0.25) is 0 Å². The molecule has 3 aromatic rings. The summed E-state index contributed by atoms with van der Waals surface area (Å²) in [4.78, 5) is 17.0. The van der Waals surface area contributed by atoms with Crippen molar-refractivity contribution in [2.24, 2.45) is 0 Å². The minimum absolute atomic E-state index is 0.0623. The average molecular weight is 451 g/mol. The van der Waals surface area contributed by atoms with Gasteiger partial charge in [0, 0.05) is 26.2 Å². The zero-order valence-electron chi connectivity index (χ0n) is 19.0.